The first-order chi connectivity index (χ1) is 13.0. The summed E-state index contributed by atoms with van der Waals surface area (Å²) in [6.07, 6.45) is 0.381. The average Bonchev–Trinajstić information content (AvgIpc) is 2.66. The molecule has 8 heteroatoms. The van der Waals surface area contributed by atoms with Crippen LogP contribution in [0.4, 0.5) is 0 Å². The van der Waals surface area contributed by atoms with E-state index in [4.69, 9.17) is 11.6 Å². The lowest BCUT2D eigenvalue weighted by atomic mass is 10.2. The van der Waals surface area contributed by atoms with Gasteiger partial charge in [0, 0.05) is 49.7 Å². The molecule has 0 heterocycles. The number of aliphatic imine (C=N–C) groups is 1. The Hall–Kier alpha value is -2.28. The van der Waals surface area contributed by atoms with Crippen LogP contribution in [0.15, 0.2) is 29.3 Å². The minimum Gasteiger partial charge on any atom is -0.357 e. The molecule has 0 spiro atoms. The van der Waals surface area contributed by atoms with Gasteiger partial charge in [-0.3, -0.25) is 14.6 Å². The van der Waals surface area contributed by atoms with Gasteiger partial charge in [-0.15, -0.1) is 0 Å². The summed E-state index contributed by atoms with van der Waals surface area (Å²) in [5.41, 5.74) is 0.565. The average molecular weight is 396 g/mol. The van der Waals surface area contributed by atoms with Crippen LogP contribution in [0.5, 0.6) is 0 Å². The largest absolute Gasteiger partial charge is 0.357 e. The lowest BCUT2D eigenvalue weighted by molar-refractivity contribution is -0.130. The SMILES string of the molecule is CCNC(=NCCC(=O)N(CC)CC)NCCNC(=O)c1ccc(Cl)cc1. The molecule has 0 saturated heterocycles. The summed E-state index contributed by atoms with van der Waals surface area (Å²) in [4.78, 5) is 30.2. The van der Waals surface area contributed by atoms with Crippen LogP contribution in [-0.2, 0) is 4.79 Å². The van der Waals surface area contributed by atoms with E-state index >= 15 is 0 Å². The second kappa shape index (κ2) is 13.0. The molecule has 0 aliphatic heterocycles. The molecule has 0 atom stereocenters. The molecule has 2 amide bonds. The smallest absolute Gasteiger partial charge is 0.251 e. The summed E-state index contributed by atoms with van der Waals surface area (Å²) in [7, 11) is 0. The van der Waals surface area contributed by atoms with Gasteiger partial charge in [-0.25, -0.2) is 0 Å². The fraction of sp³-hybridized carbons (Fsp3) is 0.526. The predicted molar refractivity (Wildman–Crippen MR) is 110 cm³/mol. The number of halogens is 1. The zero-order valence-electron chi connectivity index (χ0n) is 16.3. The lowest BCUT2D eigenvalue weighted by Crippen LogP contribution is -2.41. The summed E-state index contributed by atoms with van der Waals surface area (Å²) in [6.45, 7) is 9.44. The monoisotopic (exact) mass is 395 g/mol. The van der Waals surface area contributed by atoms with Gasteiger partial charge >= 0.3 is 0 Å². The normalized spacial score (nSPS) is 11.0. The highest BCUT2D eigenvalue weighted by Gasteiger charge is 2.08. The van der Waals surface area contributed by atoms with Gasteiger partial charge < -0.3 is 20.9 Å². The number of rotatable bonds is 10. The lowest BCUT2D eigenvalue weighted by Gasteiger charge is -2.18. The van der Waals surface area contributed by atoms with E-state index in [0.29, 0.717) is 62.2 Å². The van der Waals surface area contributed by atoms with Crippen LogP contribution in [0.1, 0.15) is 37.6 Å². The van der Waals surface area contributed by atoms with E-state index in [9.17, 15) is 9.59 Å². The summed E-state index contributed by atoms with van der Waals surface area (Å²) in [6, 6.07) is 6.74. The van der Waals surface area contributed by atoms with Crippen molar-refractivity contribution in [2.24, 2.45) is 4.99 Å². The fourth-order valence-electron chi connectivity index (χ4n) is 2.40. The molecule has 0 fully saturated rings. The minimum absolute atomic E-state index is 0.106. The van der Waals surface area contributed by atoms with Gasteiger partial charge in [-0.2, -0.15) is 0 Å². The Kier molecular flexibility index (Phi) is 10.9. The molecule has 0 aromatic heterocycles. The third-order valence-electron chi connectivity index (χ3n) is 3.87. The van der Waals surface area contributed by atoms with Gasteiger partial charge in [-0.1, -0.05) is 11.6 Å². The van der Waals surface area contributed by atoms with Crippen LogP contribution in [0.25, 0.3) is 0 Å². The molecule has 0 unspecified atom stereocenters. The molecule has 1 aromatic rings. The number of benzene rings is 1. The maximum atomic E-state index is 12.0. The number of nitrogens with zero attached hydrogens (tertiary/aromatic N) is 2. The summed E-state index contributed by atoms with van der Waals surface area (Å²) < 4.78 is 0. The van der Waals surface area contributed by atoms with E-state index in [1.807, 2.05) is 20.8 Å². The molecule has 0 saturated carbocycles. The van der Waals surface area contributed by atoms with Crippen LogP contribution in [0.2, 0.25) is 5.02 Å². The summed E-state index contributed by atoms with van der Waals surface area (Å²) in [5, 5.41) is 9.70. The Morgan fingerprint density at radius 3 is 2.22 bits per heavy atom. The van der Waals surface area contributed by atoms with E-state index in [-0.39, 0.29) is 11.8 Å². The van der Waals surface area contributed by atoms with Crippen LogP contribution in [0.3, 0.4) is 0 Å². The van der Waals surface area contributed by atoms with Gasteiger partial charge in [-0.05, 0) is 45.0 Å². The van der Waals surface area contributed by atoms with Gasteiger partial charge in [0.15, 0.2) is 5.96 Å². The van der Waals surface area contributed by atoms with Crippen molar-refractivity contribution in [3.8, 4) is 0 Å². The van der Waals surface area contributed by atoms with Gasteiger partial charge in [0.2, 0.25) is 5.91 Å². The van der Waals surface area contributed by atoms with E-state index in [1.165, 1.54) is 0 Å². The zero-order chi connectivity index (χ0) is 20.1. The van der Waals surface area contributed by atoms with E-state index in [2.05, 4.69) is 20.9 Å². The standard InChI is InChI=1S/C19H30ClN5O2/c1-4-21-19(23-12-11-17(26)25(5-2)6-3)24-14-13-22-18(27)15-7-9-16(20)10-8-15/h7-10H,4-6,11-14H2,1-3H3,(H,22,27)(H2,21,23,24). The Morgan fingerprint density at radius 2 is 1.63 bits per heavy atom. The molecule has 0 aliphatic rings. The van der Waals surface area contributed by atoms with Crippen LogP contribution in [-0.4, -0.2) is 61.9 Å². The number of hydrogen-bond donors (Lipinski definition) is 3. The van der Waals surface area contributed by atoms with Crippen LogP contribution in [0, 0.1) is 0 Å². The molecule has 0 bridgehead atoms. The number of nitrogens with one attached hydrogen (secondary N) is 3. The number of guanidine groups is 1. The van der Waals surface area contributed by atoms with E-state index < -0.39 is 0 Å². The van der Waals surface area contributed by atoms with Gasteiger partial charge in [0.25, 0.3) is 5.91 Å². The number of carbonyl (C=O) groups excluding carboxylic acids is 2. The van der Waals surface area contributed by atoms with Crippen molar-refractivity contribution in [3.63, 3.8) is 0 Å². The maximum Gasteiger partial charge on any atom is 0.251 e. The van der Waals surface area contributed by atoms with Crippen molar-refractivity contribution in [2.75, 3.05) is 39.3 Å². The molecule has 7 nitrogen and oxygen atoms in total. The fourth-order valence-corrected chi connectivity index (χ4v) is 2.53. The van der Waals surface area contributed by atoms with Crippen molar-refractivity contribution in [3.05, 3.63) is 34.9 Å². The van der Waals surface area contributed by atoms with E-state index in [0.717, 1.165) is 0 Å². The number of carbonyl (C=O) groups is 2. The van der Waals surface area contributed by atoms with Gasteiger partial charge in [0.05, 0.1) is 6.54 Å². The Bertz CT molecular complexity index is 615. The molecule has 3 N–H and O–H groups in total. The van der Waals surface area contributed by atoms with Crippen molar-refractivity contribution < 1.29 is 9.59 Å². The van der Waals surface area contributed by atoms with Crippen molar-refractivity contribution in [1.82, 2.24) is 20.9 Å². The first-order valence-corrected chi connectivity index (χ1v) is 9.73. The highest BCUT2D eigenvalue weighted by atomic mass is 35.5. The van der Waals surface area contributed by atoms with Crippen molar-refractivity contribution in [1.29, 1.82) is 0 Å². The van der Waals surface area contributed by atoms with Crippen molar-refractivity contribution >= 4 is 29.4 Å². The number of amides is 2. The third-order valence-corrected chi connectivity index (χ3v) is 4.12. The summed E-state index contributed by atoms with van der Waals surface area (Å²) >= 11 is 5.82. The summed E-state index contributed by atoms with van der Waals surface area (Å²) in [5.74, 6) is 0.584. The highest BCUT2D eigenvalue weighted by molar-refractivity contribution is 6.30. The van der Waals surface area contributed by atoms with E-state index in [1.54, 1.807) is 29.2 Å². The molecule has 0 radical (unpaired) electrons. The van der Waals surface area contributed by atoms with Crippen molar-refractivity contribution in [2.45, 2.75) is 27.2 Å². The first kappa shape index (κ1) is 22.8. The quantitative estimate of drug-likeness (QED) is 0.321. The minimum atomic E-state index is -0.153. The predicted octanol–water partition coefficient (Wildman–Crippen LogP) is 1.88. The Morgan fingerprint density at radius 1 is 1.00 bits per heavy atom. The van der Waals surface area contributed by atoms with Crippen LogP contribution < -0.4 is 16.0 Å². The maximum absolute atomic E-state index is 12.0. The number of hydrogen-bond acceptors (Lipinski definition) is 3. The second-order valence-electron chi connectivity index (χ2n) is 5.77. The zero-order valence-corrected chi connectivity index (χ0v) is 17.1. The van der Waals surface area contributed by atoms with Crippen LogP contribution >= 0.6 is 11.6 Å². The molecule has 1 aromatic carbocycles. The molecular weight excluding hydrogens is 366 g/mol. The Labute approximate surface area is 166 Å². The molecular formula is C19H30ClN5O2. The molecule has 150 valence electrons. The Balaban J connectivity index is 2.38. The third kappa shape index (κ3) is 8.77. The first-order valence-electron chi connectivity index (χ1n) is 9.35. The second-order valence-corrected chi connectivity index (χ2v) is 6.20. The highest BCUT2D eigenvalue weighted by Crippen LogP contribution is 2.09. The topological polar surface area (TPSA) is 85.8 Å². The molecule has 1 rings (SSSR count). The molecule has 27 heavy (non-hydrogen) atoms. The molecule has 0 aliphatic carbocycles. The van der Waals surface area contributed by atoms with Gasteiger partial charge in [0.1, 0.15) is 0 Å².